The monoisotopic (exact) mass is 313 g/mol. The summed E-state index contributed by atoms with van der Waals surface area (Å²) in [6.45, 7) is 0. The Morgan fingerprint density at radius 1 is 1.13 bits per heavy atom. The van der Waals surface area contributed by atoms with Crippen LogP contribution in [0.3, 0.4) is 0 Å². The number of aromatic carboxylic acids is 1. The lowest BCUT2D eigenvalue weighted by Gasteiger charge is -2.07. The molecule has 3 N–H and O–H groups in total. The van der Waals surface area contributed by atoms with Crippen LogP contribution in [0.2, 0.25) is 0 Å². The highest BCUT2D eigenvalue weighted by Crippen LogP contribution is 2.30. The summed E-state index contributed by atoms with van der Waals surface area (Å²) in [5.41, 5.74) is 0.732. The molecule has 0 saturated heterocycles. The molecule has 6 heteroatoms. The molecule has 23 heavy (non-hydrogen) atoms. The molecule has 0 aliphatic heterocycles. The number of nitrogens with one attached hydrogen (secondary N) is 1. The molecule has 2 aromatic carbocycles. The van der Waals surface area contributed by atoms with Gasteiger partial charge in [0.1, 0.15) is 0 Å². The Labute approximate surface area is 132 Å². The molecule has 6 nitrogen and oxygen atoms in total. The van der Waals surface area contributed by atoms with Crippen molar-refractivity contribution in [1.82, 2.24) is 0 Å². The van der Waals surface area contributed by atoms with E-state index < -0.39 is 11.9 Å². The standard InChI is InChI=1S/C17H15NO5/c1-23-16-11(5-4-8-14(16)19)9-10-15(20)18-13-7-3-2-6-12(13)17(21)22/h2-10,19H,1H3,(H,18,20)(H,21,22)/b10-9+. The van der Waals surface area contributed by atoms with E-state index in [4.69, 9.17) is 9.84 Å². The molecule has 0 radical (unpaired) electrons. The van der Waals surface area contributed by atoms with Gasteiger partial charge >= 0.3 is 5.97 Å². The SMILES string of the molecule is COc1c(O)cccc1/C=C/C(=O)Nc1ccccc1C(=O)O. The Bertz CT molecular complexity index is 767. The lowest BCUT2D eigenvalue weighted by Crippen LogP contribution is -2.11. The van der Waals surface area contributed by atoms with Crippen LogP contribution in [0.1, 0.15) is 15.9 Å². The summed E-state index contributed by atoms with van der Waals surface area (Å²) < 4.78 is 5.07. The number of carbonyl (C=O) groups excluding carboxylic acids is 1. The number of amides is 1. The molecule has 0 spiro atoms. The maximum absolute atomic E-state index is 12.0. The van der Waals surface area contributed by atoms with Crippen LogP contribution in [0, 0.1) is 0 Å². The topological polar surface area (TPSA) is 95.9 Å². The number of aromatic hydroxyl groups is 1. The van der Waals surface area contributed by atoms with Gasteiger partial charge in [-0.1, -0.05) is 24.3 Å². The van der Waals surface area contributed by atoms with Crippen LogP contribution in [-0.4, -0.2) is 29.2 Å². The van der Waals surface area contributed by atoms with E-state index in [1.165, 1.54) is 37.5 Å². The maximum Gasteiger partial charge on any atom is 0.337 e. The molecule has 0 heterocycles. The molecular formula is C17H15NO5. The first-order valence-electron chi connectivity index (χ1n) is 6.70. The summed E-state index contributed by atoms with van der Waals surface area (Å²) in [5.74, 6) is -1.41. The van der Waals surface area contributed by atoms with Crippen LogP contribution in [0.15, 0.2) is 48.5 Å². The van der Waals surface area contributed by atoms with Crippen molar-refractivity contribution < 1.29 is 24.5 Å². The molecule has 0 atom stereocenters. The second-order valence-corrected chi connectivity index (χ2v) is 4.57. The summed E-state index contributed by atoms with van der Waals surface area (Å²) in [7, 11) is 1.41. The Morgan fingerprint density at radius 2 is 1.87 bits per heavy atom. The maximum atomic E-state index is 12.0. The van der Waals surface area contributed by atoms with Crippen molar-refractivity contribution in [2.75, 3.05) is 12.4 Å². The third-order valence-electron chi connectivity index (χ3n) is 3.06. The normalized spacial score (nSPS) is 10.5. The van der Waals surface area contributed by atoms with Gasteiger partial charge in [-0.2, -0.15) is 0 Å². The molecule has 0 unspecified atom stereocenters. The molecule has 0 fully saturated rings. The number of carbonyl (C=O) groups is 2. The van der Waals surface area contributed by atoms with Gasteiger partial charge in [0.15, 0.2) is 11.5 Å². The summed E-state index contributed by atoms with van der Waals surface area (Å²) in [5, 5.41) is 21.2. The lowest BCUT2D eigenvalue weighted by atomic mass is 10.1. The highest BCUT2D eigenvalue weighted by Gasteiger charge is 2.10. The van der Waals surface area contributed by atoms with Crippen LogP contribution in [-0.2, 0) is 4.79 Å². The van der Waals surface area contributed by atoms with Gasteiger partial charge in [-0.05, 0) is 24.3 Å². The third kappa shape index (κ3) is 3.88. The minimum absolute atomic E-state index is 0.00388. The Hall–Kier alpha value is -3.28. The van der Waals surface area contributed by atoms with E-state index in [0.29, 0.717) is 5.56 Å². The number of carboxylic acids is 1. The van der Waals surface area contributed by atoms with Gasteiger partial charge in [0.2, 0.25) is 5.91 Å². The van der Waals surface area contributed by atoms with Crippen molar-refractivity contribution in [3.05, 3.63) is 59.7 Å². The molecule has 0 aliphatic rings. The van der Waals surface area contributed by atoms with E-state index >= 15 is 0 Å². The number of hydrogen-bond donors (Lipinski definition) is 3. The second-order valence-electron chi connectivity index (χ2n) is 4.57. The van der Waals surface area contributed by atoms with E-state index in [2.05, 4.69) is 5.32 Å². The van der Waals surface area contributed by atoms with Gasteiger partial charge in [0, 0.05) is 11.6 Å². The van der Waals surface area contributed by atoms with Gasteiger partial charge in [0.25, 0.3) is 0 Å². The fourth-order valence-electron chi connectivity index (χ4n) is 2.01. The van der Waals surface area contributed by atoms with Crippen LogP contribution in [0.5, 0.6) is 11.5 Å². The number of benzene rings is 2. The summed E-state index contributed by atoms with van der Waals surface area (Å²) in [4.78, 5) is 23.0. The number of phenols is 1. The molecule has 2 rings (SSSR count). The molecule has 2 aromatic rings. The molecule has 0 aromatic heterocycles. The largest absolute Gasteiger partial charge is 0.504 e. The lowest BCUT2D eigenvalue weighted by molar-refractivity contribution is -0.111. The molecule has 0 saturated carbocycles. The number of phenolic OH excluding ortho intramolecular Hbond substituents is 1. The van der Waals surface area contributed by atoms with Crippen LogP contribution in [0.4, 0.5) is 5.69 Å². The van der Waals surface area contributed by atoms with E-state index in [1.54, 1.807) is 24.3 Å². The summed E-state index contributed by atoms with van der Waals surface area (Å²) >= 11 is 0. The minimum atomic E-state index is -1.13. The first kappa shape index (κ1) is 16.1. The minimum Gasteiger partial charge on any atom is -0.504 e. The van der Waals surface area contributed by atoms with Gasteiger partial charge in [-0.25, -0.2) is 4.79 Å². The molecule has 0 aliphatic carbocycles. The molecule has 0 bridgehead atoms. The fourth-order valence-corrected chi connectivity index (χ4v) is 2.01. The van der Waals surface area contributed by atoms with Gasteiger partial charge < -0.3 is 20.3 Å². The number of rotatable bonds is 5. The van der Waals surface area contributed by atoms with E-state index in [0.717, 1.165) is 0 Å². The van der Waals surface area contributed by atoms with Crippen LogP contribution >= 0.6 is 0 Å². The molecule has 1 amide bonds. The number of carboxylic acid groups (broad SMARTS) is 1. The zero-order valence-corrected chi connectivity index (χ0v) is 12.3. The van der Waals surface area contributed by atoms with Crippen LogP contribution < -0.4 is 10.1 Å². The second kappa shape index (κ2) is 7.13. The van der Waals surface area contributed by atoms with Crippen molar-refractivity contribution in [3.63, 3.8) is 0 Å². The van der Waals surface area contributed by atoms with Gasteiger partial charge in [0.05, 0.1) is 18.4 Å². The third-order valence-corrected chi connectivity index (χ3v) is 3.06. The van der Waals surface area contributed by atoms with Gasteiger partial charge in [-0.3, -0.25) is 4.79 Å². The first-order chi connectivity index (χ1) is 11.0. The first-order valence-corrected chi connectivity index (χ1v) is 6.70. The highest BCUT2D eigenvalue weighted by molar-refractivity contribution is 6.06. The van der Waals surface area contributed by atoms with Crippen molar-refractivity contribution in [3.8, 4) is 11.5 Å². The summed E-state index contributed by atoms with van der Waals surface area (Å²) in [6, 6.07) is 10.9. The zero-order chi connectivity index (χ0) is 16.8. The smallest absolute Gasteiger partial charge is 0.337 e. The predicted molar refractivity (Wildman–Crippen MR) is 85.7 cm³/mol. The highest BCUT2D eigenvalue weighted by atomic mass is 16.5. The van der Waals surface area contributed by atoms with E-state index in [9.17, 15) is 14.7 Å². The van der Waals surface area contributed by atoms with Crippen molar-refractivity contribution in [2.45, 2.75) is 0 Å². The number of para-hydroxylation sites is 2. The number of hydrogen-bond acceptors (Lipinski definition) is 4. The Balaban J connectivity index is 2.18. The zero-order valence-electron chi connectivity index (χ0n) is 12.3. The van der Waals surface area contributed by atoms with Crippen molar-refractivity contribution in [2.24, 2.45) is 0 Å². The van der Waals surface area contributed by atoms with Crippen molar-refractivity contribution in [1.29, 1.82) is 0 Å². The average Bonchev–Trinajstić information content (AvgIpc) is 2.53. The number of methoxy groups -OCH3 is 1. The Kier molecular flexibility index (Phi) is 4.99. The molecule has 118 valence electrons. The van der Waals surface area contributed by atoms with E-state index in [-0.39, 0.29) is 22.7 Å². The van der Waals surface area contributed by atoms with Crippen molar-refractivity contribution >= 4 is 23.6 Å². The number of ether oxygens (including phenoxy) is 1. The quantitative estimate of drug-likeness (QED) is 0.738. The fraction of sp³-hybridized carbons (Fsp3) is 0.0588. The number of anilines is 1. The van der Waals surface area contributed by atoms with Crippen LogP contribution in [0.25, 0.3) is 6.08 Å². The van der Waals surface area contributed by atoms with E-state index in [1.807, 2.05) is 0 Å². The predicted octanol–water partition coefficient (Wildman–Crippen LogP) is 2.75. The average molecular weight is 313 g/mol. The van der Waals surface area contributed by atoms with Gasteiger partial charge in [-0.15, -0.1) is 0 Å². The molecular weight excluding hydrogens is 298 g/mol. The Morgan fingerprint density at radius 3 is 2.57 bits per heavy atom. The summed E-state index contributed by atoms with van der Waals surface area (Å²) in [6.07, 6.45) is 2.70.